The number of anilines is 1. The molecule has 0 atom stereocenters. The molecule has 0 spiro atoms. The third-order valence-electron chi connectivity index (χ3n) is 4.34. The van der Waals surface area contributed by atoms with Crippen LogP contribution in [0, 0.1) is 13.8 Å². The number of amides is 1. The predicted molar refractivity (Wildman–Crippen MR) is 105 cm³/mol. The quantitative estimate of drug-likeness (QED) is 0.591. The molecule has 1 N–H and O–H groups in total. The normalized spacial score (nSPS) is 10.9. The first-order valence-electron chi connectivity index (χ1n) is 8.75. The van der Waals surface area contributed by atoms with Crippen LogP contribution in [0.4, 0.5) is 5.69 Å². The minimum Gasteiger partial charge on any atom is -0.324 e. The molecule has 4 rings (SSSR count). The van der Waals surface area contributed by atoms with Crippen LogP contribution in [-0.4, -0.2) is 30.1 Å². The lowest BCUT2D eigenvalue weighted by Crippen LogP contribution is -2.28. The summed E-state index contributed by atoms with van der Waals surface area (Å²) in [5, 5.41) is 7.08. The molecule has 3 heterocycles. The minimum atomic E-state index is -0.402. The number of carbonyl (C=O) groups is 1. The SMILES string of the molecule is Cc1ccc(NC(=O)Cn2nc3cc(-c4ccncc4)nc(C)n3c2=O)cc1. The Balaban J connectivity index is 1.64. The van der Waals surface area contributed by atoms with Gasteiger partial charge in [0, 0.05) is 29.7 Å². The van der Waals surface area contributed by atoms with E-state index in [0.717, 1.165) is 15.8 Å². The number of rotatable bonds is 4. The van der Waals surface area contributed by atoms with Gasteiger partial charge in [0.15, 0.2) is 5.65 Å². The topological polar surface area (TPSA) is 94.2 Å². The Kier molecular flexibility index (Phi) is 4.44. The van der Waals surface area contributed by atoms with Crippen molar-refractivity contribution in [2.24, 2.45) is 0 Å². The van der Waals surface area contributed by atoms with Crippen LogP contribution in [0.25, 0.3) is 16.9 Å². The first-order valence-corrected chi connectivity index (χ1v) is 8.75. The van der Waals surface area contributed by atoms with Gasteiger partial charge in [0.1, 0.15) is 12.4 Å². The van der Waals surface area contributed by atoms with Crippen LogP contribution in [-0.2, 0) is 11.3 Å². The van der Waals surface area contributed by atoms with Gasteiger partial charge in [0.05, 0.1) is 5.69 Å². The van der Waals surface area contributed by atoms with Gasteiger partial charge >= 0.3 is 5.69 Å². The highest BCUT2D eigenvalue weighted by atomic mass is 16.2. The van der Waals surface area contributed by atoms with Crippen molar-refractivity contribution in [3.63, 3.8) is 0 Å². The summed E-state index contributed by atoms with van der Waals surface area (Å²) in [5.41, 5.74) is 3.37. The maximum atomic E-state index is 12.7. The zero-order chi connectivity index (χ0) is 19.7. The lowest BCUT2D eigenvalue weighted by Gasteiger charge is -2.04. The third-order valence-corrected chi connectivity index (χ3v) is 4.34. The second kappa shape index (κ2) is 7.07. The third kappa shape index (κ3) is 3.39. The molecule has 1 amide bonds. The van der Waals surface area contributed by atoms with Crippen molar-refractivity contribution in [1.29, 1.82) is 0 Å². The van der Waals surface area contributed by atoms with Crippen molar-refractivity contribution >= 4 is 17.2 Å². The highest BCUT2D eigenvalue weighted by Gasteiger charge is 2.14. The zero-order valence-corrected chi connectivity index (χ0v) is 15.5. The number of benzene rings is 1. The fourth-order valence-electron chi connectivity index (χ4n) is 2.95. The van der Waals surface area contributed by atoms with E-state index < -0.39 is 5.69 Å². The number of pyridine rings is 1. The summed E-state index contributed by atoms with van der Waals surface area (Å²) in [6.45, 7) is 3.52. The van der Waals surface area contributed by atoms with Crippen molar-refractivity contribution in [2.75, 3.05) is 5.32 Å². The predicted octanol–water partition coefficient (Wildman–Crippen LogP) is 2.21. The fourth-order valence-corrected chi connectivity index (χ4v) is 2.95. The van der Waals surface area contributed by atoms with Crippen molar-refractivity contribution in [2.45, 2.75) is 20.4 Å². The lowest BCUT2D eigenvalue weighted by atomic mass is 10.2. The number of aromatic nitrogens is 5. The molecule has 4 aromatic rings. The Morgan fingerprint density at radius 3 is 2.50 bits per heavy atom. The number of carbonyl (C=O) groups excluding carboxylic acids is 1. The molecule has 8 heteroatoms. The Morgan fingerprint density at radius 1 is 1.07 bits per heavy atom. The largest absolute Gasteiger partial charge is 0.352 e. The highest BCUT2D eigenvalue weighted by Crippen LogP contribution is 2.17. The van der Waals surface area contributed by atoms with Crippen molar-refractivity contribution in [3.8, 4) is 11.3 Å². The standard InChI is InChI=1S/C20H18N6O2/c1-13-3-5-16(6-4-13)23-19(27)12-25-20(28)26-14(2)22-17(11-18(26)24-25)15-7-9-21-10-8-15/h3-11H,12H2,1-2H3,(H,23,27). The van der Waals surface area contributed by atoms with Gasteiger partial charge in [-0.1, -0.05) is 17.7 Å². The molecule has 8 nitrogen and oxygen atoms in total. The molecular weight excluding hydrogens is 356 g/mol. The van der Waals surface area contributed by atoms with E-state index in [9.17, 15) is 9.59 Å². The summed E-state index contributed by atoms with van der Waals surface area (Å²) >= 11 is 0. The summed E-state index contributed by atoms with van der Waals surface area (Å²) in [7, 11) is 0. The number of hydrogen-bond acceptors (Lipinski definition) is 5. The van der Waals surface area contributed by atoms with E-state index in [1.165, 1.54) is 4.40 Å². The Morgan fingerprint density at radius 2 is 1.79 bits per heavy atom. The Hall–Kier alpha value is -3.81. The number of aryl methyl sites for hydroxylation is 2. The second-order valence-electron chi connectivity index (χ2n) is 6.47. The van der Waals surface area contributed by atoms with Crippen LogP contribution >= 0.6 is 0 Å². The monoisotopic (exact) mass is 374 g/mol. The van der Waals surface area contributed by atoms with Crippen LogP contribution in [0.1, 0.15) is 11.4 Å². The van der Waals surface area contributed by atoms with Crippen molar-refractivity contribution in [3.05, 3.63) is 76.7 Å². The number of nitrogens with zero attached hydrogens (tertiary/aromatic N) is 5. The number of fused-ring (bicyclic) bond motifs is 1. The molecule has 0 saturated carbocycles. The van der Waals surface area contributed by atoms with Gasteiger partial charge in [-0.05, 0) is 38.1 Å². The molecule has 28 heavy (non-hydrogen) atoms. The van der Waals surface area contributed by atoms with E-state index in [-0.39, 0.29) is 12.5 Å². The highest BCUT2D eigenvalue weighted by molar-refractivity contribution is 5.90. The average Bonchev–Trinajstić information content (AvgIpc) is 3.00. The Bertz CT molecular complexity index is 1210. The molecule has 1 aromatic carbocycles. The summed E-state index contributed by atoms with van der Waals surface area (Å²) in [6, 6.07) is 12.8. The average molecular weight is 374 g/mol. The van der Waals surface area contributed by atoms with E-state index in [1.54, 1.807) is 25.4 Å². The van der Waals surface area contributed by atoms with Crippen LogP contribution in [0.2, 0.25) is 0 Å². The van der Waals surface area contributed by atoms with Crippen molar-refractivity contribution < 1.29 is 4.79 Å². The van der Waals surface area contributed by atoms with Gasteiger partial charge in [0.2, 0.25) is 5.91 Å². The van der Waals surface area contributed by atoms with Gasteiger partial charge in [-0.15, -0.1) is 5.10 Å². The molecule has 0 saturated heterocycles. The number of hydrogen-bond donors (Lipinski definition) is 1. The molecule has 140 valence electrons. The molecule has 0 aliphatic carbocycles. The van der Waals surface area contributed by atoms with E-state index in [0.29, 0.717) is 22.9 Å². The second-order valence-corrected chi connectivity index (χ2v) is 6.47. The molecule has 0 unspecified atom stereocenters. The van der Waals surface area contributed by atoms with Crippen molar-refractivity contribution in [1.82, 2.24) is 24.1 Å². The first-order chi connectivity index (χ1) is 13.5. The van der Waals surface area contributed by atoms with Crippen LogP contribution < -0.4 is 11.0 Å². The van der Waals surface area contributed by atoms with Gasteiger partial charge in [-0.3, -0.25) is 9.78 Å². The van der Waals surface area contributed by atoms with Crippen LogP contribution in [0.5, 0.6) is 0 Å². The smallest absolute Gasteiger partial charge is 0.324 e. The molecule has 0 bridgehead atoms. The van der Waals surface area contributed by atoms with E-state index >= 15 is 0 Å². The molecule has 0 aliphatic heterocycles. The van der Waals surface area contributed by atoms with Crippen LogP contribution in [0.3, 0.4) is 0 Å². The molecule has 0 aliphatic rings. The van der Waals surface area contributed by atoms with Crippen LogP contribution in [0.15, 0.2) is 59.7 Å². The molecule has 0 fully saturated rings. The molecule has 0 radical (unpaired) electrons. The Labute approximate surface area is 160 Å². The van der Waals surface area contributed by atoms with E-state index in [1.807, 2.05) is 43.3 Å². The van der Waals surface area contributed by atoms with Gasteiger partial charge in [-0.2, -0.15) is 0 Å². The van der Waals surface area contributed by atoms with Gasteiger partial charge < -0.3 is 5.32 Å². The van der Waals surface area contributed by atoms with Gasteiger partial charge in [-0.25, -0.2) is 18.9 Å². The lowest BCUT2D eigenvalue weighted by molar-refractivity contribution is -0.117. The minimum absolute atomic E-state index is 0.182. The molecule has 3 aromatic heterocycles. The van der Waals surface area contributed by atoms with Gasteiger partial charge in [0.25, 0.3) is 0 Å². The summed E-state index contributed by atoms with van der Waals surface area (Å²) < 4.78 is 2.54. The molecular formula is C20H18N6O2. The van der Waals surface area contributed by atoms with E-state index in [2.05, 4.69) is 20.4 Å². The maximum Gasteiger partial charge on any atom is 0.352 e. The van der Waals surface area contributed by atoms with E-state index in [4.69, 9.17) is 0 Å². The maximum absolute atomic E-state index is 12.7. The summed E-state index contributed by atoms with van der Waals surface area (Å²) in [5.74, 6) is 0.175. The number of nitrogens with one attached hydrogen (secondary N) is 1. The first kappa shape index (κ1) is 17.6. The summed E-state index contributed by atoms with van der Waals surface area (Å²) in [4.78, 5) is 33.5. The zero-order valence-electron chi connectivity index (χ0n) is 15.5. The summed E-state index contributed by atoms with van der Waals surface area (Å²) in [6.07, 6.45) is 3.35. The fraction of sp³-hybridized carbons (Fsp3) is 0.150.